The molecule has 5 nitrogen and oxygen atoms in total. The van der Waals surface area contributed by atoms with Gasteiger partial charge in [0.2, 0.25) is 0 Å². The number of rotatable bonds is 7. The van der Waals surface area contributed by atoms with E-state index in [0.29, 0.717) is 24.7 Å². The maximum Gasteiger partial charge on any atom is 0.164 e. The summed E-state index contributed by atoms with van der Waals surface area (Å²) < 4.78 is 7.71. The van der Waals surface area contributed by atoms with Gasteiger partial charge in [0.15, 0.2) is 5.82 Å². The molecule has 1 aromatic carbocycles. The first-order valence-electron chi connectivity index (χ1n) is 7.38. The van der Waals surface area contributed by atoms with Crippen molar-refractivity contribution < 1.29 is 9.84 Å². The van der Waals surface area contributed by atoms with Crippen molar-refractivity contribution in [2.45, 2.75) is 46.4 Å². The minimum absolute atomic E-state index is 0.347. The summed E-state index contributed by atoms with van der Waals surface area (Å²) in [6, 6.07) is 7.57. The predicted octanol–water partition coefficient (Wildman–Crippen LogP) is 2.96. The molecule has 2 rings (SSSR count). The van der Waals surface area contributed by atoms with Crippen molar-refractivity contribution in [1.29, 1.82) is 0 Å². The molecule has 0 saturated heterocycles. The fraction of sp³-hybridized carbons (Fsp3) is 0.500. The van der Waals surface area contributed by atoms with E-state index in [4.69, 9.17) is 4.74 Å². The summed E-state index contributed by atoms with van der Waals surface area (Å²) in [5.41, 5.74) is 0.815. The van der Waals surface area contributed by atoms with Gasteiger partial charge in [-0.3, -0.25) is 0 Å². The summed E-state index contributed by atoms with van der Waals surface area (Å²) in [5, 5.41) is 14.2. The number of para-hydroxylation sites is 1. The largest absolute Gasteiger partial charge is 0.485 e. The molecule has 0 aliphatic carbocycles. The van der Waals surface area contributed by atoms with Gasteiger partial charge in [0.05, 0.1) is 6.10 Å². The molecular formula is C16H23N3O2. The SMILES string of the molecule is CC[C@@H](O)c1ccccc1OCc1ncnn1CC(C)C. The van der Waals surface area contributed by atoms with Crippen LogP contribution in [-0.2, 0) is 13.2 Å². The fourth-order valence-corrected chi connectivity index (χ4v) is 2.15. The molecule has 0 bridgehead atoms. The molecule has 1 N–H and O–H groups in total. The third-order valence-corrected chi connectivity index (χ3v) is 3.26. The van der Waals surface area contributed by atoms with Crippen molar-refractivity contribution in [2.75, 3.05) is 0 Å². The van der Waals surface area contributed by atoms with Gasteiger partial charge < -0.3 is 9.84 Å². The first kappa shape index (κ1) is 15.5. The Balaban J connectivity index is 2.08. The predicted molar refractivity (Wildman–Crippen MR) is 80.9 cm³/mol. The Labute approximate surface area is 125 Å². The van der Waals surface area contributed by atoms with Crippen LogP contribution < -0.4 is 4.74 Å². The van der Waals surface area contributed by atoms with E-state index >= 15 is 0 Å². The molecule has 0 fully saturated rings. The zero-order valence-electron chi connectivity index (χ0n) is 12.9. The lowest BCUT2D eigenvalue weighted by Gasteiger charge is -2.15. The average molecular weight is 289 g/mol. The van der Waals surface area contributed by atoms with Crippen molar-refractivity contribution in [1.82, 2.24) is 14.8 Å². The highest BCUT2D eigenvalue weighted by atomic mass is 16.5. The lowest BCUT2D eigenvalue weighted by molar-refractivity contribution is 0.165. The molecule has 0 aliphatic heterocycles. The van der Waals surface area contributed by atoms with Crippen molar-refractivity contribution in [3.05, 3.63) is 42.0 Å². The zero-order chi connectivity index (χ0) is 15.2. The van der Waals surface area contributed by atoms with Crippen LogP contribution in [0.2, 0.25) is 0 Å². The lowest BCUT2D eigenvalue weighted by Crippen LogP contribution is -2.13. The van der Waals surface area contributed by atoms with E-state index in [1.54, 1.807) is 6.33 Å². The molecule has 0 amide bonds. The second-order valence-electron chi connectivity index (χ2n) is 5.50. The van der Waals surface area contributed by atoms with Crippen molar-refractivity contribution in [3.8, 4) is 5.75 Å². The number of aliphatic hydroxyl groups is 1. The Hall–Kier alpha value is -1.88. The number of hydrogen-bond donors (Lipinski definition) is 1. The van der Waals surface area contributed by atoms with Crippen LogP contribution in [-0.4, -0.2) is 19.9 Å². The van der Waals surface area contributed by atoms with E-state index in [0.717, 1.165) is 17.9 Å². The molecule has 0 unspecified atom stereocenters. The van der Waals surface area contributed by atoms with E-state index in [9.17, 15) is 5.11 Å². The van der Waals surface area contributed by atoms with Crippen LogP contribution in [0.5, 0.6) is 5.75 Å². The topological polar surface area (TPSA) is 60.2 Å². The Morgan fingerprint density at radius 1 is 1.29 bits per heavy atom. The van der Waals surface area contributed by atoms with Gasteiger partial charge >= 0.3 is 0 Å². The van der Waals surface area contributed by atoms with Crippen LogP contribution in [0.4, 0.5) is 0 Å². The lowest BCUT2D eigenvalue weighted by atomic mass is 10.1. The summed E-state index contributed by atoms with van der Waals surface area (Å²) in [5.74, 6) is 2.00. The molecule has 2 aromatic rings. The Kier molecular flexibility index (Phi) is 5.33. The Bertz CT molecular complexity index is 566. The third kappa shape index (κ3) is 4.04. The normalized spacial score (nSPS) is 12.6. The molecule has 1 heterocycles. The van der Waals surface area contributed by atoms with Gasteiger partial charge in [0.25, 0.3) is 0 Å². The van der Waals surface area contributed by atoms with Gasteiger partial charge in [0.1, 0.15) is 18.7 Å². The smallest absolute Gasteiger partial charge is 0.164 e. The molecule has 1 atom stereocenters. The second-order valence-corrected chi connectivity index (χ2v) is 5.50. The molecule has 1 aromatic heterocycles. The quantitative estimate of drug-likeness (QED) is 0.851. The van der Waals surface area contributed by atoms with Crippen molar-refractivity contribution in [3.63, 3.8) is 0 Å². The van der Waals surface area contributed by atoms with Crippen molar-refractivity contribution in [2.24, 2.45) is 5.92 Å². The van der Waals surface area contributed by atoms with Gasteiger partial charge in [-0.15, -0.1) is 0 Å². The minimum Gasteiger partial charge on any atom is -0.485 e. The van der Waals surface area contributed by atoms with E-state index in [2.05, 4.69) is 23.9 Å². The van der Waals surface area contributed by atoms with Crippen molar-refractivity contribution >= 4 is 0 Å². The Morgan fingerprint density at radius 3 is 2.76 bits per heavy atom. The summed E-state index contributed by atoms with van der Waals surface area (Å²) in [7, 11) is 0. The highest BCUT2D eigenvalue weighted by molar-refractivity contribution is 5.35. The molecule has 0 saturated carbocycles. The van der Waals surface area contributed by atoms with Gasteiger partial charge in [-0.1, -0.05) is 39.0 Å². The van der Waals surface area contributed by atoms with Crippen LogP contribution in [0.3, 0.4) is 0 Å². The first-order valence-corrected chi connectivity index (χ1v) is 7.38. The van der Waals surface area contributed by atoms with E-state index < -0.39 is 6.10 Å². The molecular weight excluding hydrogens is 266 g/mol. The number of ether oxygens (including phenoxy) is 1. The summed E-state index contributed by atoms with van der Waals surface area (Å²) in [6.07, 6.45) is 1.70. The Morgan fingerprint density at radius 2 is 2.05 bits per heavy atom. The number of aromatic nitrogens is 3. The zero-order valence-corrected chi connectivity index (χ0v) is 12.9. The van der Waals surface area contributed by atoms with E-state index in [-0.39, 0.29) is 0 Å². The van der Waals surface area contributed by atoms with Crippen LogP contribution >= 0.6 is 0 Å². The van der Waals surface area contributed by atoms with E-state index in [1.807, 2.05) is 35.9 Å². The van der Waals surface area contributed by atoms with Crippen LogP contribution in [0.1, 0.15) is 44.7 Å². The molecule has 0 aliphatic rings. The van der Waals surface area contributed by atoms with Crippen LogP contribution in [0.15, 0.2) is 30.6 Å². The monoisotopic (exact) mass is 289 g/mol. The van der Waals surface area contributed by atoms with Crippen LogP contribution in [0.25, 0.3) is 0 Å². The molecule has 21 heavy (non-hydrogen) atoms. The summed E-state index contributed by atoms with van der Waals surface area (Å²) in [4.78, 5) is 4.24. The van der Waals surface area contributed by atoms with Crippen LogP contribution in [0, 0.1) is 5.92 Å². The first-order chi connectivity index (χ1) is 10.1. The highest BCUT2D eigenvalue weighted by Gasteiger charge is 2.13. The van der Waals surface area contributed by atoms with Gasteiger partial charge in [0, 0.05) is 12.1 Å². The van der Waals surface area contributed by atoms with Gasteiger partial charge in [-0.05, 0) is 18.4 Å². The number of nitrogens with zero attached hydrogens (tertiary/aromatic N) is 3. The van der Waals surface area contributed by atoms with Gasteiger partial charge in [-0.25, -0.2) is 9.67 Å². The molecule has 114 valence electrons. The minimum atomic E-state index is -0.505. The number of hydrogen-bond acceptors (Lipinski definition) is 4. The molecule has 0 radical (unpaired) electrons. The van der Waals surface area contributed by atoms with Gasteiger partial charge in [-0.2, -0.15) is 5.10 Å². The highest BCUT2D eigenvalue weighted by Crippen LogP contribution is 2.27. The molecule has 5 heteroatoms. The average Bonchev–Trinajstić information content (AvgIpc) is 2.91. The summed E-state index contributed by atoms with van der Waals surface area (Å²) >= 11 is 0. The molecule has 0 spiro atoms. The standard InChI is InChI=1S/C16H23N3O2/c1-4-14(20)13-7-5-6-8-15(13)21-10-16-17-11-18-19(16)9-12(2)3/h5-8,11-12,14,20H,4,9-10H2,1-3H3/t14-/m1/s1. The fourth-order valence-electron chi connectivity index (χ4n) is 2.15. The summed E-state index contributed by atoms with van der Waals surface area (Å²) in [6.45, 7) is 7.39. The second kappa shape index (κ2) is 7.22. The number of aliphatic hydroxyl groups excluding tert-OH is 1. The maximum absolute atomic E-state index is 10.0. The maximum atomic E-state index is 10.0. The van der Waals surface area contributed by atoms with E-state index in [1.165, 1.54) is 0 Å². The third-order valence-electron chi connectivity index (χ3n) is 3.26. The number of benzene rings is 1.